The van der Waals surface area contributed by atoms with Crippen molar-refractivity contribution in [3.63, 3.8) is 0 Å². The van der Waals surface area contributed by atoms with Crippen molar-refractivity contribution >= 4 is 139 Å². The minimum absolute atomic E-state index is 0.0697. The van der Waals surface area contributed by atoms with Crippen LogP contribution in [0.4, 0.5) is 65.9 Å². The molecule has 12 aromatic carbocycles. The van der Waals surface area contributed by atoms with Gasteiger partial charge in [0.25, 0.3) is 0 Å². The Morgan fingerprint density at radius 2 is 0.482 bits per heavy atom. The monoisotopic (exact) mass is 2200 g/mol. The van der Waals surface area contributed by atoms with Crippen LogP contribution in [0.25, 0.3) is 66.8 Å². The number of halogens is 27. The average Bonchev–Trinajstić information content (AvgIpc) is 0.780. The normalized spacial score (nSPS) is 16.9. The zero-order valence-electron chi connectivity index (χ0n) is 73.9. The van der Waals surface area contributed by atoms with E-state index in [2.05, 4.69) is 4.74 Å². The second kappa shape index (κ2) is 47.2. The average molecular weight is 2210 g/mol. The van der Waals surface area contributed by atoms with Crippen molar-refractivity contribution in [1.82, 2.24) is 0 Å². The van der Waals surface area contributed by atoms with Gasteiger partial charge < -0.3 is 72.3 Å². The molecule has 0 spiro atoms. The van der Waals surface area contributed by atoms with Crippen LogP contribution in [0.15, 0.2) is 140 Å². The molecule has 0 aliphatic carbocycles. The molecule has 0 bridgehead atoms. The first kappa shape index (κ1) is 109. The van der Waals surface area contributed by atoms with Crippen LogP contribution in [0.2, 0.25) is 60.3 Å². The van der Waals surface area contributed by atoms with Gasteiger partial charge in [-0.1, -0.05) is 139 Å². The summed E-state index contributed by atoms with van der Waals surface area (Å²) in [7, 11) is 1.53. The molecular formula is C100H83Cl12F15N6O8. The van der Waals surface area contributed by atoms with Crippen LogP contribution in [0.3, 0.4) is 0 Å². The highest BCUT2D eigenvalue weighted by Gasteiger charge is 2.38. The molecule has 0 fully saturated rings. The van der Waals surface area contributed by atoms with Gasteiger partial charge in [0.1, 0.15) is 135 Å². The standard InChI is InChI=1S/C17H13Cl2F4NO2.C17H13Cl2F4NO.C17H16Cl2FNO2.C17H16Cl2FNO.C16H12Cl2F3NO.C16H13Cl2F2NO/c18-13-5-11(26-17(21,22)23)6-14(19)15(13)12-4-9(20)3-8-1-2-10(7-24)25-16(8)12;18-13-4-9(17(21,22)23)5-14(19)15(13)12-6-10(20)3-8-1-2-11(7-24)25-16(8)12;1-22-12-6-14(18)16(15(19)7-12)13-5-10(20)4-9-2-3-11(8-21)23-17(9)13;1-9-4-14(18)16(15(19)5-9)13-7-11(20)6-10-2-3-12(8-21)22-17(10)13;17-14-11(20)5-12(21)15(18)13(14)10-4-8(19)3-7-1-2-9(6-22)23-16(7)10;17-13-5-10(20)6-14(18)15(13)12-4-9(19)3-8-1-2-11(7-21)22-16(8)12/h3-6,10H,1-2,7,24H2;3-6,11H,1-2,7,24H2;4-7,11H,2-3,8,21H2,1H3;4-7,12H,2-3,8,21H2,1H3;3-5,9H,1-2,6,22H2;3-6,11H,1-2,7,21H2/t10-;2*11-;12-;9-;11-/m111111/s1. The molecule has 0 aromatic heterocycles. The van der Waals surface area contributed by atoms with Gasteiger partial charge in [-0.3, -0.25) is 0 Å². The van der Waals surface area contributed by atoms with Crippen LogP contribution in [0, 0.1) is 59.3 Å². The van der Waals surface area contributed by atoms with E-state index in [0.29, 0.717) is 187 Å². The van der Waals surface area contributed by atoms with Crippen LogP contribution in [-0.4, -0.2) is 89.4 Å². The molecule has 0 saturated carbocycles. The number of benzene rings is 12. The summed E-state index contributed by atoms with van der Waals surface area (Å²) in [6.45, 7) is 3.91. The lowest BCUT2D eigenvalue weighted by Gasteiger charge is -2.28. The van der Waals surface area contributed by atoms with Gasteiger partial charge in [0.15, 0.2) is 0 Å². The van der Waals surface area contributed by atoms with E-state index < -0.39 is 64.6 Å². The maximum absolute atomic E-state index is 14.0. The van der Waals surface area contributed by atoms with E-state index in [4.69, 9.17) is 207 Å². The van der Waals surface area contributed by atoms with E-state index in [-0.39, 0.29) is 141 Å². The quantitative estimate of drug-likeness (QED) is 0.0440. The topological polar surface area (TPSA) is 230 Å². The van der Waals surface area contributed by atoms with E-state index >= 15 is 0 Å². The highest BCUT2D eigenvalue weighted by Crippen LogP contribution is 2.54. The Morgan fingerprint density at radius 1 is 0.277 bits per heavy atom. The zero-order chi connectivity index (χ0) is 102. The number of hydrogen-bond donors (Lipinski definition) is 6. The third-order valence-electron chi connectivity index (χ3n) is 23.3. The first-order valence-electron chi connectivity index (χ1n) is 43.3. The lowest BCUT2D eigenvalue weighted by molar-refractivity contribution is -0.274. The number of fused-ring (bicyclic) bond motifs is 6. The van der Waals surface area contributed by atoms with Crippen molar-refractivity contribution < 1.29 is 104 Å². The number of rotatable bonds is 14. The largest absolute Gasteiger partial charge is 0.573 e. The minimum atomic E-state index is -4.89. The highest BCUT2D eigenvalue weighted by atomic mass is 35.5. The predicted octanol–water partition coefficient (Wildman–Crippen LogP) is 29.4. The molecule has 0 saturated heterocycles. The Bertz CT molecular complexity index is 6430. The van der Waals surface area contributed by atoms with Crippen molar-refractivity contribution in [3.8, 4) is 113 Å². The van der Waals surface area contributed by atoms with Crippen LogP contribution in [-0.2, 0) is 44.7 Å². The number of hydrogen-bond acceptors (Lipinski definition) is 14. The summed E-state index contributed by atoms with van der Waals surface area (Å²) >= 11 is 73.8. The number of ether oxygens (including phenoxy) is 8. The molecule has 750 valence electrons. The summed E-state index contributed by atoms with van der Waals surface area (Å²) in [5.41, 5.74) is 41.9. The second-order valence-electron chi connectivity index (χ2n) is 33.0. The van der Waals surface area contributed by atoms with Gasteiger partial charge in [-0.25, -0.2) is 39.5 Å². The molecule has 41 heteroatoms. The predicted molar refractivity (Wildman–Crippen MR) is 525 cm³/mol. The number of aryl methyl sites for hydroxylation is 7. The Kier molecular flexibility index (Phi) is 36.6. The maximum atomic E-state index is 14.0. The fraction of sp³-hybridized carbons (Fsp3) is 0.280. The third kappa shape index (κ3) is 26.0. The number of nitrogens with two attached hydrogens (primary N) is 6. The van der Waals surface area contributed by atoms with Crippen LogP contribution >= 0.6 is 139 Å². The molecule has 6 heterocycles. The molecule has 12 aromatic rings. The maximum Gasteiger partial charge on any atom is 0.573 e. The second-order valence-corrected chi connectivity index (χ2v) is 37.8. The summed E-state index contributed by atoms with van der Waals surface area (Å²) in [6, 6.07) is 29.2. The molecule has 0 unspecified atom stereocenters. The zero-order valence-corrected chi connectivity index (χ0v) is 83.0. The van der Waals surface area contributed by atoms with E-state index in [1.54, 1.807) is 12.1 Å². The van der Waals surface area contributed by atoms with Crippen molar-refractivity contribution in [2.75, 3.05) is 46.4 Å². The lowest BCUT2D eigenvalue weighted by Crippen LogP contribution is -2.30. The molecule has 6 atom stereocenters. The molecule has 14 nitrogen and oxygen atoms in total. The molecular weight excluding hydrogens is 2120 g/mol. The molecule has 0 radical (unpaired) electrons. The van der Waals surface area contributed by atoms with Gasteiger partial charge in [-0.15, -0.1) is 13.2 Å². The first-order valence-corrected chi connectivity index (χ1v) is 47.8. The highest BCUT2D eigenvalue weighted by molar-refractivity contribution is 6.43. The van der Waals surface area contributed by atoms with E-state index in [1.807, 2.05) is 19.1 Å². The Labute approximate surface area is 859 Å². The van der Waals surface area contributed by atoms with Crippen LogP contribution in [0.5, 0.6) is 46.0 Å². The third-order valence-corrected chi connectivity index (χ3v) is 27.0. The summed E-state index contributed by atoms with van der Waals surface area (Å²) in [6.07, 6.45) is -2.71. The molecule has 12 N–H and O–H groups in total. The first-order chi connectivity index (χ1) is 66.8. The Morgan fingerprint density at radius 3 is 0.702 bits per heavy atom. The fourth-order valence-electron chi connectivity index (χ4n) is 16.7. The van der Waals surface area contributed by atoms with E-state index in [0.717, 1.165) is 96.5 Å². The molecule has 6 aliphatic rings. The summed E-state index contributed by atoms with van der Waals surface area (Å²) in [4.78, 5) is 0. The van der Waals surface area contributed by atoms with Crippen molar-refractivity contribution in [2.45, 2.75) is 133 Å². The summed E-state index contributed by atoms with van der Waals surface area (Å²) in [5.74, 6) is -2.49. The minimum Gasteiger partial charge on any atom is -0.497 e. The molecule has 141 heavy (non-hydrogen) atoms. The molecule has 6 aliphatic heterocycles. The van der Waals surface area contributed by atoms with Crippen LogP contribution < -0.4 is 72.3 Å². The van der Waals surface area contributed by atoms with Gasteiger partial charge in [0, 0.05) is 112 Å². The van der Waals surface area contributed by atoms with Crippen molar-refractivity contribution in [2.24, 2.45) is 34.4 Å². The number of methoxy groups -OCH3 is 1. The van der Waals surface area contributed by atoms with Crippen molar-refractivity contribution in [3.05, 3.63) is 297 Å². The van der Waals surface area contributed by atoms with Gasteiger partial charge in [-0.2, -0.15) is 13.2 Å². The Hall–Kier alpha value is -8.77. The van der Waals surface area contributed by atoms with Gasteiger partial charge >= 0.3 is 12.5 Å². The van der Waals surface area contributed by atoms with Gasteiger partial charge in [-0.05, 0) is 256 Å². The van der Waals surface area contributed by atoms with Gasteiger partial charge in [0.05, 0.1) is 72.9 Å². The molecule has 18 rings (SSSR count). The summed E-state index contributed by atoms with van der Waals surface area (Å²) < 4.78 is 245. The smallest absolute Gasteiger partial charge is 0.497 e. The fourth-order valence-corrected chi connectivity index (χ4v) is 20.7. The molecule has 0 amide bonds. The lowest BCUT2D eigenvalue weighted by atomic mass is 9.94. The van der Waals surface area contributed by atoms with Crippen LogP contribution in [0.1, 0.15) is 83.0 Å². The summed E-state index contributed by atoms with van der Waals surface area (Å²) in [5, 5.41) is 0.454. The van der Waals surface area contributed by atoms with E-state index in [9.17, 15) is 65.9 Å². The SMILES string of the molecule is COc1cc(Cl)c(-c2cc(F)cc3c2O[C@@H](CN)CC3)c(Cl)c1.Cc1cc(Cl)c(-c2cc(F)cc3c2O[C@@H](CN)CC3)c(Cl)c1.NC[C@H]1CCc2cc(F)cc(-c3c(Cl)c(F)cc(F)c3Cl)c2O1.NC[C@H]1CCc2cc(F)cc(-c3c(Cl)cc(C(F)(F)F)cc3Cl)c2O1.NC[C@H]1CCc2cc(F)cc(-c3c(Cl)cc(F)cc3Cl)c2O1.NC[C@H]1CCc2cc(F)cc(-c3c(Cl)cc(OC(F)(F)F)cc3Cl)c2O1. The van der Waals surface area contributed by atoms with Crippen molar-refractivity contribution in [1.29, 1.82) is 0 Å². The Balaban J connectivity index is 0.000000142. The van der Waals surface area contributed by atoms with Gasteiger partial charge in [0.2, 0.25) is 0 Å². The number of alkyl halides is 6. The van der Waals surface area contributed by atoms with E-state index in [1.165, 1.54) is 67.8 Å².